The minimum atomic E-state index is -0.856. The van der Waals surface area contributed by atoms with E-state index in [4.69, 9.17) is 10.7 Å². The predicted molar refractivity (Wildman–Crippen MR) is 235 cm³/mol. The second-order valence-corrected chi connectivity index (χ2v) is 18.1. The monoisotopic (exact) mass is 855 g/mol. The summed E-state index contributed by atoms with van der Waals surface area (Å²) in [6.07, 6.45) is 1.81. The molecule has 2 aliphatic heterocycles. The summed E-state index contributed by atoms with van der Waals surface area (Å²) in [5, 5.41) is 11.0. The number of nitrogens with one attached hydrogen (secondary N) is 4. The first-order valence-corrected chi connectivity index (χ1v) is 20.9. The summed E-state index contributed by atoms with van der Waals surface area (Å²) in [6, 6.07) is 12.6. The van der Waals surface area contributed by atoms with Gasteiger partial charge in [-0.2, -0.15) is 0 Å². The smallest absolute Gasteiger partial charge is 0.272 e. The van der Waals surface area contributed by atoms with E-state index in [2.05, 4.69) is 47.7 Å². The van der Waals surface area contributed by atoms with Crippen molar-refractivity contribution < 1.29 is 28.4 Å². The number of carbonyl (C=O) groups excluding carboxylic acids is 5. The lowest BCUT2D eigenvalue weighted by atomic mass is 9.86. The van der Waals surface area contributed by atoms with Crippen molar-refractivity contribution in [3.63, 3.8) is 0 Å². The fourth-order valence-corrected chi connectivity index (χ4v) is 7.73. The Hall–Kier alpha value is -5.94. The van der Waals surface area contributed by atoms with Crippen LogP contribution in [0.15, 0.2) is 48.5 Å². The zero-order valence-electron chi connectivity index (χ0n) is 37.6. The molecule has 4 aromatic rings. The minimum absolute atomic E-state index is 0.191. The van der Waals surface area contributed by atoms with Crippen molar-refractivity contribution in [2.24, 2.45) is 16.6 Å². The maximum Gasteiger partial charge on any atom is 0.272 e. The van der Waals surface area contributed by atoms with Crippen molar-refractivity contribution in [2.75, 3.05) is 41.3 Å². The van der Waals surface area contributed by atoms with Crippen molar-refractivity contribution in [2.45, 2.75) is 92.6 Å². The van der Waals surface area contributed by atoms with E-state index >= 15 is 0 Å². The maximum atomic E-state index is 14.5. The molecule has 0 saturated heterocycles. The van der Waals surface area contributed by atoms with E-state index in [1.54, 1.807) is 13.1 Å². The second kappa shape index (κ2) is 19.4. The highest BCUT2D eigenvalue weighted by atomic mass is 19.1. The Morgan fingerprint density at radius 2 is 1.10 bits per heavy atom. The molecular formula is C45H62FN11O5. The van der Waals surface area contributed by atoms with E-state index in [1.165, 1.54) is 19.2 Å². The maximum absolute atomic E-state index is 14.5. The fraction of sp³-hybridized carbons (Fsp3) is 0.489. The highest BCUT2D eigenvalue weighted by molar-refractivity contribution is 5.99. The van der Waals surface area contributed by atoms with E-state index in [0.717, 1.165) is 49.6 Å². The number of nitrogens with zero attached hydrogens (tertiary/aromatic N) is 6. The number of benzene rings is 2. The molecule has 0 fully saturated rings. The van der Waals surface area contributed by atoms with Gasteiger partial charge in [0.05, 0.1) is 17.0 Å². The van der Waals surface area contributed by atoms with Crippen LogP contribution in [0.4, 0.5) is 4.39 Å². The number of rotatable bonds is 9. The number of nitrogens with two attached hydrogens (primary N) is 1. The average Bonchev–Trinajstić information content (AvgIpc) is 3.59. The van der Waals surface area contributed by atoms with E-state index in [0.29, 0.717) is 42.4 Å². The van der Waals surface area contributed by atoms with Crippen LogP contribution in [0.2, 0.25) is 0 Å². The molecule has 0 aliphatic carbocycles. The Balaban J connectivity index is 0.000000236. The van der Waals surface area contributed by atoms with E-state index in [-0.39, 0.29) is 29.0 Å². The van der Waals surface area contributed by atoms with Gasteiger partial charge < -0.3 is 45.9 Å². The molecular weight excluding hydrogens is 794 g/mol. The standard InChI is InChI=1S/C23H31FN6O3.C22H31N5O2/c1-23(2,3)18(22(33)26-4)28-21(32)17-16-12-29(5)9-6-10-30(16)20(27-17)13-7-8-14(19(25)31)15(24)11-13;1-22(2,3)18(21(29)23-4)25-20(28)17-16-14-26(5)12-9-13-27(16)19(24-17)15-10-7-6-8-11-15/h7-8,11,18H,6,9-10,12H2,1-5H3,(H2,25,31)(H,26,33)(H,28,32);6-8,10-11,18H,9,12-14H2,1-5H3,(H,23,29)(H,25,28)/t2*18-/m11/s1. The molecule has 2 atom stereocenters. The Labute approximate surface area is 363 Å². The number of aromatic nitrogens is 4. The first kappa shape index (κ1) is 47.1. The van der Waals surface area contributed by atoms with Crippen LogP contribution in [0.1, 0.15) is 97.1 Å². The van der Waals surface area contributed by atoms with Crippen LogP contribution in [0.25, 0.3) is 22.8 Å². The van der Waals surface area contributed by atoms with Crippen molar-refractivity contribution in [3.8, 4) is 22.8 Å². The molecule has 17 heteroatoms. The van der Waals surface area contributed by atoms with Gasteiger partial charge in [-0.3, -0.25) is 24.0 Å². The van der Waals surface area contributed by atoms with Crippen LogP contribution in [0.5, 0.6) is 0 Å². The van der Waals surface area contributed by atoms with Crippen LogP contribution in [-0.2, 0) is 35.8 Å². The largest absolute Gasteiger partial charge is 0.366 e. The number of likely N-dealkylation sites (N-methyl/N-ethyl adjacent to an activating group) is 2. The van der Waals surface area contributed by atoms with Crippen molar-refractivity contribution in [1.29, 1.82) is 0 Å². The van der Waals surface area contributed by atoms with Gasteiger partial charge in [-0.25, -0.2) is 14.4 Å². The van der Waals surface area contributed by atoms with Gasteiger partial charge >= 0.3 is 0 Å². The topological polar surface area (TPSA) is 202 Å². The van der Waals surface area contributed by atoms with E-state index in [9.17, 15) is 28.4 Å². The lowest BCUT2D eigenvalue weighted by molar-refractivity contribution is -0.125. The summed E-state index contributed by atoms with van der Waals surface area (Å²) in [5.74, 6) is -1.68. The van der Waals surface area contributed by atoms with Gasteiger partial charge in [0.1, 0.15) is 29.5 Å². The molecule has 2 aromatic heterocycles. The molecule has 16 nitrogen and oxygen atoms in total. The van der Waals surface area contributed by atoms with Crippen LogP contribution in [0.3, 0.4) is 0 Å². The predicted octanol–water partition coefficient (Wildman–Crippen LogP) is 3.79. The molecule has 2 aliphatic rings. The molecule has 0 unspecified atom stereocenters. The number of halogens is 1. The number of primary amides is 1. The van der Waals surface area contributed by atoms with Gasteiger partial charge in [0.25, 0.3) is 17.7 Å². The van der Waals surface area contributed by atoms with E-state index in [1.807, 2.05) is 83.5 Å². The number of carbonyl (C=O) groups is 5. The number of fused-ring (bicyclic) bond motifs is 2. The zero-order chi connectivity index (χ0) is 45.7. The van der Waals surface area contributed by atoms with E-state index < -0.39 is 40.5 Å². The summed E-state index contributed by atoms with van der Waals surface area (Å²) < 4.78 is 18.5. The second-order valence-electron chi connectivity index (χ2n) is 18.1. The van der Waals surface area contributed by atoms with Gasteiger partial charge in [-0.15, -0.1) is 0 Å². The normalized spacial score (nSPS) is 15.6. The fourth-order valence-electron chi connectivity index (χ4n) is 7.73. The molecule has 334 valence electrons. The Bertz CT molecular complexity index is 2290. The molecule has 0 bridgehead atoms. The summed E-state index contributed by atoms with van der Waals surface area (Å²) in [6.45, 7) is 15.7. The number of amides is 5. The number of hydrogen-bond acceptors (Lipinski definition) is 9. The Kier molecular flexibility index (Phi) is 14.7. The lowest BCUT2D eigenvalue weighted by Crippen LogP contribution is -2.53. The Morgan fingerprint density at radius 3 is 1.48 bits per heavy atom. The summed E-state index contributed by atoms with van der Waals surface area (Å²) in [7, 11) is 7.11. The molecule has 6 rings (SSSR count). The number of imidazole rings is 2. The minimum Gasteiger partial charge on any atom is -0.366 e. The van der Waals surface area contributed by atoms with Crippen LogP contribution in [-0.4, -0.2) is 112 Å². The molecule has 0 saturated carbocycles. The molecule has 6 N–H and O–H groups in total. The first-order valence-electron chi connectivity index (χ1n) is 20.9. The SMILES string of the molecule is CNC(=O)[C@@H](NC(=O)c1nc(-c2ccc(C(N)=O)c(F)c2)n2c1CN(C)CCC2)C(C)(C)C.CNC(=O)[C@@H](NC(=O)c1nc(-c2ccccc2)n2c1CN(C)CCC2)C(C)(C)C. The summed E-state index contributed by atoms with van der Waals surface area (Å²) >= 11 is 0. The van der Waals surface area contributed by atoms with Gasteiger partial charge in [0.15, 0.2) is 11.4 Å². The van der Waals surface area contributed by atoms with Gasteiger partial charge in [-0.1, -0.05) is 77.9 Å². The van der Waals surface area contributed by atoms with Crippen molar-refractivity contribution >= 4 is 29.5 Å². The average molecular weight is 856 g/mol. The van der Waals surface area contributed by atoms with Gasteiger partial charge in [0.2, 0.25) is 11.8 Å². The zero-order valence-corrected chi connectivity index (χ0v) is 37.6. The molecule has 62 heavy (non-hydrogen) atoms. The van der Waals surface area contributed by atoms with Gasteiger partial charge in [0, 0.05) is 51.4 Å². The molecule has 0 spiro atoms. The molecule has 0 radical (unpaired) electrons. The summed E-state index contributed by atoms with van der Waals surface area (Å²) in [4.78, 5) is 76.5. The first-order chi connectivity index (χ1) is 29.2. The van der Waals surface area contributed by atoms with Crippen molar-refractivity contribution in [3.05, 3.63) is 82.7 Å². The van der Waals surface area contributed by atoms with Gasteiger partial charge in [-0.05, 0) is 63.0 Å². The third-order valence-corrected chi connectivity index (χ3v) is 11.1. The molecule has 2 aromatic carbocycles. The summed E-state index contributed by atoms with van der Waals surface area (Å²) in [5.41, 5.74) is 7.64. The number of hydrogen-bond donors (Lipinski definition) is 5. The highest BCUT2D eigenvalue weighted by Crippen LogP contribution is 2.30. The van der Waals surface area contributed by atoms with Crippen LogP contribution < -0.4 is 27.0 Å². The van der Waals surface area contributed by atoms with Crippen molar-refractivity contribution in [1.82, 2.24) is 50.2 Å². The molecule has 5 amide bonds. The Morgan fingerprint density at radius 1 is 0.661 bits per heavy atom. The van der Waals surface area contributed by atoms with Crippen LogP contribution >= 0.6 is 0 Å². The van der Waals surface area contributed by atoms with Crippen LogP contribution in [0, 0.1) is 16.6 Å². The third-order valence-electron chi connectivity index (χ3n) is 11.1. The quantitative estimate of drug-likeness (QED) is 0.166. The lowest BCUT2D eigenvalue weighted by Gasteiger charge is -2.29. The molecule has 4 heterocycles. The highest BCUT2D eigenvalue weighted by Gasteiger charge is 2.36. The third kappa shape index (κ3) is 10.7.